The van der Waals surface area contributed by atoms with Crippen molar-refractivity contribution < 1.29 is 19.4 Å². The molecule has 1 aromatic carbocycles. The summed E-state index contributed by atoms with van der Waals surface area (Å²) in [5, 5.41) is 11.0. The highest BCUT2D eigenvalue weighted by atomic mass is 16.5. The van der Waals surface area contributed by atoms with E-state index in [0.29, 0.717) is 5.56 Å². The van der Waals surface area contributed by atoms with Crippen LogP contribution in [0.5, 0.6) is 0 Å². The van der Waals surface area contributed by atoms with Gasteiger partial charge in [-0.25, -0.2) is 4.79 Å². The predicted octanol–water partition coefficient (Wildman–Crippen LogP) is 1.09. The first-order valence-corrected chi connectivity index (χ1v) is 5.09. The molecule has 0 fully saturated rings. The molecule has 0 aliphatic rings. The lowest BCUT2D eigenvalue weighted by Gasteiger charge is -2.13. The summed E-state index contributed by atoms with van der Waals surface area (Å²) in [6, 6.07) is 5.32. The largest absolute Gasteiger partial charge is 0.478 e. The van der Waals surface area contributed by atoms with E-state index in [0.717, 1.165) is 11.1 Å². The van der Waals surface area contributed by atoms with Gasteiger partial charge in [0.25, 0.3) is 5.91 Å². The van der Waals surface area contributed by atoms with Crippen LogP contribution in [0.3, 0.4) is 0 Å². The fourth-order valence-corrected chi connectivity index (χ4v) is 1.53. The van der Waals surface area contributed by atoms with Gasteiger partial charge in [0.15, 0.2) is 0 Å². The summed E-state index contributed by atoms with van der Waals surface area (Å²) < 4.78 is 4.63. The van der Waals surface area contributed by atoms with Crippen LogP contribution in [0.25, 0.3) is 0 Å². The zero-order valence-corrected chi connectivity index (χ0v) is 9.98. The minimum Gasteiger partial charge on any atom is -0.478 e. The van der Waals surface area contributed by atoms with Gasteiger partial charge in [-0.3, -0.25) is 4.79 Å². The van der Waals surface area contributed by atoms with Crippen molar-refractivity contribution >= 4 is 11.9 Å². The maximum atomic E-state index is 11.8. The van der Waals surface area contributed by atoms with E-state index in [9.17, 15) is 9.59 Å². The molecule has 0 unspecified atom stereocenters. The monoisotopic (exact) mass is 237 g/mol. The van der Waals surface area contributed by atoms with Crippen molar-refractivity contribution in [3.63, 3.8) is 0 Å². The SMILES string of the molecule is CO[C@H](NC(=O)c1cc(C)cc(C)c1)C(=O)O. The van der Waals surface area contributed by atoms with E-state index >= 15 is 0 Å². The van der Waals surface area contributed by atoms with Gasteiger partial charge in [-0.1, -0.05) is 17.2 Å². The minimum atomic E-state index is -1.33. The summed E-state index contributed by atoms with van der Waals surface area (Å²) in [5.41, 5.74) is 2.31. The second kappa shape index (κ2) is 5.45. The molecule has 0 saturated carbocycles. The van der Waals surface area contributed by atoms with Crippen LogP contribution in [0.1, 0.15) is 21.5 Å². The normalized spacial score (nSPS) is 11.9. The van der Waals surface area contributed by atoms with Crippen molar-refractivity contribution in [1.29, 1.82) is 0 Å². The zero-order valence-electron chi connectivity index (χ0n) is 9.98. The highest BCUT2D eigenvalue weighted by molar-refractivity contribution is 5.96. The second-order valence-electron chi connectivity index (χ2n) is 3.80. The van der Waals surface area contributed by atoms with Crippen LogP contribution in [-0.2, 0) is 9.53 Å². The van der Waals surface area contributed by atoms with Gasteiger partial charge in [-0.05, 0) is 26.0 Å². The van der Waals surface area contributed by atoms with Crippen LogP contribution >= 0.6 is 0 Å². The molecule has 5 nitrogen and oxygen atoms in total. The fourth-order valence-electron chi connectivity index (χ4n) is 1.53. The van der Waals surface area contributed by atoms with Gasteiger partial charge in [0.05, 0.1) is 0 Å². The number of carboxylic acid groups (broad SMARTS) is 1. The van der Waals surface area contributed by atoms with E-state index in [1.807, 2.05) is 19.9 Å². The molecule has 0 spiro atoms. The van der Waals surface area contributed by atoms with E-state index in [4.69, 9.17) is 5.11 Å². The number of methoxy groups -OCH3 is 1. The molecule has 1 aromatic rings. The molecule has 1 amide bonds. The summed E-state index contributed by atoms with van der Waals surface area (Å²) in [6.45, 7) is 3.74. The van der Waals surface area contributed by atoms with Crippen LogP contribution in [-0.4, -0.2) is 30.3 Å². The molecule has 0 radical (unpaired) electrons. The zero-order chi connectivity index (χ0) is 13.0. The lowest BCUT2D eigenvalue weighted by atomic mass is 10.1. The smallest absolute Gasteiger partial charge is 0.354 e. The number of aryl methyl sites for hydroxylation is 2. The number of rotatable bonds is 4. The van der Waals surface area contributed by atoms with Crippen molar-refractivity contribution in [2.45, 2.75) is 20.1 Å². The van der Waals surface area contributed by atoms with Crippen molar-refractivity contribution in [3.05, 3.63) is 34.9 Å². The summed E-state index contributed by atoms with van der Waals surface area (Å²) in [5.74, 6) is -1.70. The van der Waals surface area contributed by atoms with Crippen molar-refractivity contribution in [3.8, 4) is 0 Å². The Morgan fingerprint density at radius 3 is 2.18 bits per heavy atom. The number of hydrogen-bond acceptors (Lipinski definition) is 3. The summed E-state index contributed by atoms with van der Waals surface area (Å²) in [6.07, 6.45) is -1.33. The number of carboxylic acids is 1. The van der Waals surface area contributed by atoms with Gasteiger partial charge in [0.2, 0.25) is 6.23 Å². The van der Waals surface area contributed by atoms with Gasteiger partial charge >= 0.3 is 5.97 Å². The third kappa shape index (κ3) is 3.57. The second-order valence-corrected chi connectivity index (χ2v) is 3.80. The van der Waals surface area contributed by atoms with Gasteiger partial charge in [0.1, 0.15) is 0 Å². The molecule has 17 heavy (non-hydrogen) atoms. The first kappa shape index (κ1) is 13.2. The Morgan fingerprint density at radius 2 is 1.76 bits per heavy atom. The van der Waals surface area contributed by atoms with E-state index < -0.39 is 18.1 Å². The number of benzene rings is 1. The third-order valence-electron chi connectivity index (χ3n) is 2.21. The number of amides is 1. The Hall–Kier alpha value is -1.88. The minimum absolute atomic E-state index is 0.422. The molecule has 0 bridgehead atoms. The van der Waals surface area contributed by atoms with E-state index in [-0.39, 0.29) is 0 Å². The van der Waals surface area contributed by atoms with Crippen LogP contribution in [0, 0.1) is 13.8 Å². The molecular weight excluding hydrogens is 222 g/mol. The first-order valence-electron chi connectivity index (χ1n) is 5.09. The number of carbonyl (C=O) groups is 2. The number of carbonyl (C=O) groups excluding carboxylic acids is 1. The predicted molar refractivity (Wildman–Crippen MR) is 61.8 cm³/mol. The van der Waals surface area contributed by atoms with Crippen LogP contribution < -0.4 is 5.32 Å². The van der Waals surface area contributed by atoms with Crippen molar-refractivity contribution in [2.24, 2.45) is 0 Å². The van der Waals surface area contributed by atoms with Crippen LogP contribution in [0.15, 0.2) is 18.2 Å². The van der Waals surface area contributed by atoms with Crippen molar-refractivity contribution in [2.75, 3.05) is 7.11 Å². The standard InChI is InChI=1S/C12H15NO4/c1-7-4-8(2)6-9(5-7)10(14)13-11(17-3)12(15)16/h4-6,11H,1-3H3,(H,13,14)(H,15,16)/t11-/m0/s1. The molecule has 1 atom stereocenters. The van der Waals surface area contributed by atoms with Gasteiger partial charge in [-0.15, -0.1) is 0 Å². The number of ether oxygens (including phenoxy) is 1. The average molecular weight is 237 g/mol. The molecule has 0 aromatic heterocycles. The molecule has 0 heterocycles. The first-order chi connectivity index (χ1) is 7.93. The van der Waals surface area contributed by atoms with Gasteiger partial charge in [-0.2, -0.15) is 0 Å². The van der Waals surface area contributed by atoms with E-state index in [2.05, 4.69) is 10.1 Å². The molecule has 92 valence electrons. The Labute approximate surface area is 99.4 Å². The summed E-state index contributed by atoms with van der Waals surface area (Å²) in [4.78, 5) is 22.5. The van der Waals surface area contributed by atoms with Crippen LogP contribution in [0.4, 0.5) is 0 Å². The summed E-state index contributed by atoms with van der Waals surface area (Å²) in [7, 11) is 1.22. The number of hydrogen-bond donors (Lipinski definition) is 2. The average Bonchev–Trinajstić information content (AvgIpc) is 2.23. The molecule has 0 saturated heterocycles. The van der Waals surface area contributed by atoms with E-state index in [1.54, 1.807) is 12.1 Å². The Bertz CT molecular complexity index is 422. The molecule has 2 N–H and O–H groups in total. The van der Waals surface area contributed by atoms with E-state index in [1.165, 1.54) is 7.11 Å². The molecule has 0 aliphatic carbocycles. The van der Waals surface area contributed by atoms with Gasteiger partial charge < -0.3 is 15.2 Å². The lowest BCUT2D eigenvalue weighted by Crippen LogP contribution is -2.42. The lowest BCUT2D eigenvalue weighted by molar-refractivity contribution is -0.149. The Balaban J connectivity index is 2.86. The number of nitrogens with one attached hydrogen (secondary N) is 1. The molecule has 5 heteroatoms. The third-order valence-corrected chi connectivity index (χ3v) is 2.21. The molecule has 1 rings (SSSR count). The molecule has 0 aliphatic heterocycles. The maximum absolute atomic E-state index is 11.8. The number of aliphatic carboxylic acids is 1. The summed E-state index contributed by atoms with van der Waals surface area (Å²) >= 11 is 0. The fraction of sp³-hybridized carbons (Fsp3) is 0.333. The Kier molecular flexibility index (Phi) is 4.23. The Morgan fingerprint density at radius 1 is 1.24 bits per heavy atom. The highest BCUT2D eigenvalue weighted by Gasteiger charge is 2.19. The van der Waals surface area contributed by atoms with Gasteiger partial charge in [0, 0.05) is 12.7 Å². The molecular formula is C12H15NO4. The maximum Gasteiger partial charge on any atom is 0.354 e. The van der Waals surface area contributed by atoms with Crippen LogP contribution in [0.2, 0.25) is 0 Å². The highest BCUT2D eigenvalue weighted by Crippen LogP contribution is 2.09. The topological polar surface area (TPSA) is 75.6 Å². The quantitative estimate of drug-likeness (QED) is 0.769. The van der Waals surface area contributed by atoms with Crippen molar-refractivity contribution in [1.82, 2.24) is 5.32 Å².